The van der Waals surface area contributed by atoms with Gasteiger partial charge in [0.05, 0.1) is 12.6 Å². The van der Waals surface area contributed by atoms with Crippen molar-refractivity contribution in [3.05, 3.63) is 24.3 Å². The van der Waals surface area contributed by atoms with Crippen molar-refractivity contribution >= 4 is 11.6 Å². The van der Waals surface area contributed by atoms with Crippen LogP contribution in [-0.2, 0) is 4.79 Å². The molecule has 1 fully saturated rings. The van der Waals surface area contributed by atoms with Crippen molar-refractivity contribution in [2.45, 2.75) is 46.1 Å². The summed E-state index contributed by atoms with van der Waals surface area (Å²) in [7, 11) is 0. The van der Waals surface area contributed by atoms with Gasteiger partial charge in [-0.2, -0.15) is 0 Å². The average Bonchev–Trinajstić information content (AvgIpc) is 2.53. The summed E-state index contributed by atoms with van der Waals surface area (Å²) >= 11 is 0. The molecule has 4 heteroatoms. The number of likely N-dealkylation sites (tertiary alicyclic amines) is 1. The van der Waals surface area contributed by atoms with E-state index in [9.17, 15) is 4.79 Å². The van der Waals surface area contributed by atoms with Crippen molar-refractivity contribution in [2.75, 3.05) is 25.0 Å². The van der Waals surface area contributed by atoms with E-state index in [1.54, 1.807) is 0 Å². The van der Waals surface area contributed by atoms with Crippen molar-refractivity contribution < 1.29 is 9.53 Å². The molecule has 0 bridgehead atoms. The van der Waals surface area contributed by atoms with Crippen LogP contribution in [0.2, 0.25) is 0 Å². The van der Waals surface area contributed by atoms with Gasteiger partial charge in [0.25, 0.3) is 0 Å². The summed E-state index contributed by atoms with van der Waals surface area (Å²) in [4.78, 5) is 14.2. The van der Waals surface area contributed by atoms with E-state index in [0.29, 0.717) is 6.54 Å². The van der Waals surface area contributed by atoms with Crippen LogP contribution < -0.4 is 10.1 Å². The zero-order chi connectivity index (χ0) is 15.9. The molecule has 1 atom stereocenters. The first-order valence-electron chi connectivity index (χ1n) is 8.37. The predicted molar refractivity (Wildman–Crippen MR) is 90.3 cm³/mol. The van der Waals surface area contributed by atoms with Crippen molar-refractivity contribution in [1.29, 1.82) is 0 Å². The largest absolute Gasteiger partial charge is 0.491 e. The van der Waals surface area contributed by atoms with Gasteiger partial charge in [-0.3, -0.25) is 4.79 Å². The van der Waals surface area contributed by atoms with E-state index in [4.69, 9.17) is 4.74 Å². The van der Waals surface area contributed by atoms with Crippen LogP contribution in [0.15, 0.2) is 24.3 Å². The highest BCUT2D eigenvalue weighted by molar-refractivity contribution is 5.81. The van der Waals surface area contributed by atoms with Crippen molar-refractivity contribution in [3.8, 4) is 5.75 Å². The Balaban J connectivity index is 1.83. The molecule has 22 heavy (non-hydrogen) atoms. The maximum atomic E-state index is 12.2. The SMILES string of the molecule is CCC(C)Oc1cccc(NCC(=O)N2CCC(C)CC2)c1. The van der Waals surface area contributed by atoms with Crippen LogP contribution in [-0.4, -0.2) is 36.5 Å². The molecule has 0 radical (unpaired) electrons. The number of hydrogen-bond acceptors (Lipinski definition) is 3. The van der Waals surface area contributed by atoms with Crippen LogP contribution in [0.1, 0.15) is 40.0 Å². The summed E-state index contributed by atoms with van der Waals surface area (Å²) in [5.74, 6) is 1.77. The molecule has 0 aromatic heterocycles. The summed E-state index contributed by atoms with van der Waals surface area (Å²) in [6.45, 7) is 8.54. The second kappa shape index (κ2) is 8.06. The number of amides is 1. The third-order valence-electron chi connectivity index (χ3n) is 4.33. The van der Waals surface area contributed by atoms with Crippen molar-refractivity contribution in [1.82, 2.24) is 4.90 Å². The van der Waals surface area contributed by atoms with Gasteiger partial charge in [0.1, 0.15) is 5.75 Å². The van der Waals surface area contributed by atoms with Gasteiger partial charge in [-0.25, -0.2) is 0 Å². The molecule has 1 aromatic rings. The summed E-state index contributed by atoms with van der Waals surface area (Å²) in [6, 6.07) is 7.82. The molecule has 1 aliphatic heterocycles. The lowest BCUT2D eigenvalue weighted by Crippen LogP contribution is -2.40. The zero-order valence-electron chi connectivity index (χ0n) is 14.0. The molecule has 0 saturated carbocycles. The molecule has 4 nitrogen and oxygen atoms in total. The molecule has 1 heterocycles. The number of nitrogens with one attached hydrogen (secondary N) is 1. The Kier molecular flexibility index (Phi) is 6.10. The maximum absolute atomic E-state index is 12.2. The fourth-order valence-corrected chi connectivity index (χ4v) is 2.54. The number of nitrogens with zero attached hydrogens (tertiary/aromatic N) is 1. The maximum Gasteiger partial charge on any atom is 0.241 e. The normalized spacial score (nSPS) is 17.1. The molecule has 0 spiro atoms. The summed E-state index contributed by atoms with van der Waals surface area (Å²) < 4.78 is 5.80. The Morgan fingerprint density at radius 3 is 2.82 bits per heavy atom. The van der Waals surface area contributed by atoms with Crippen molar-refractivity contribution in [2.24, 2.45) is 5.92 Å². The monoisotopic (exact) mass is 304 g/mol. The fourth-order valence-electron chi connectivity index (χ4n) is 2.54. The van der Waals surface area contributed by atoms with E-state index in [2.05, 4.69) is 26.1 Å². The van der Waals surface area contributed by atoms with Gasteiger partial charge in [-0.15, -0.1) is 0 Å². The molecule has 2 rings (SSSR count). The molecule has 122 valence electrons. The van der Waals surface area contributed by atoms with Crippen LogP contribution in [0.3, 0.4) is 0 Å². The molecule has 1 aromatic carbocycles. The van der Waals surface area contributed by atoms with E-state index < -0.39 is 0 Å². The first-order valence-corrected chi connectivity index (χ1v) is 8.37. The lowest BCUT2D eigenvalue weighted by atomic mass is 9.99. The molecule has 1 unspecified atom stereocenters. The van der Waals surface area contributed by atoms with E-state index in [0.717, 1.165) is 49.7 Å². The number of piperidine rings is 1. The van der Waals surface area contributed by atoms with E-state index in [-0.39, 0.29) is 12.0 Å². The third kappa shape index (κ3) is 4.93. The van der Waals surface area contributed by atoms with Gasteiger partial charge >= 0.3 is 0 Å². The highest BCUT2D eigenvalue weighted by atomic mass is 16.5. The summed E-state index contributed by atoms with van der Waals surface area (Å²) in [5, 5.41) is 3.21. The molecule has 1 N–H and O–H groups in total. The number of benzene rings is 1. The highest BCUT2D eigenvalue weighted by Gasteiger charge is 2.19. The first kappa shape index (κ1) is 16.7. The fraction of sp³-hybridized carbons (Fsp3) is 0.611. The number of hydrogen-bond donors (Lipinski definition) is 1. The van der Waals surface area contributed by atoms with Crippen LogP contribution in [0.25, 0.3) is 0 Å². The Morgan fingerprint density at radius 2 is 2.14 bits per heavy atom. The minimum Gasteiger partial charge on any atom is -0.491 e. The topological polar surface area (TPSA) is 41.6 Å². The first-order chi connectivity index (χ1) is 10.6. The molecule has 1 saturated heterocycles. The number of anilines is 1. The van der Waals surface area contributed by atoms with Crippen LogP contribution in [0, 0.1) is 5.92 Å². The lowest BCUT2D eigenvalue weighted by molar-refractivity contribution is -0.130. The molecule has 1 aliphatic rings. The quantitative estimate of drug-likeness (QED) is 0.874. The standard InChI is InChI=1S/C18H28N2O2/c1-4-15(3)22-17-7-5-6-16(12-17)19-13-18(21)20-10-8-14(2)9-11-20/h5-7,12,14-15,19H,4,8-11,13H2,1-3H3. The van der Waals surface area contributed by atoms with Gasteiger partial charge in [0, 0.05) is 24.8 Å². The summed E-state index contributed by atoms with van der Waals surface area (Å²) in [6.07, 6.45) is 3.41. The van der Waals surface area contributed by atoms with E-state index >= 15 is 0 Å². The third-order valence-corrected chi connectivity index (χ3v) is 4.33. The number of ether oxygens (including phenoxy) is 1. The van der Waals surface area contributed by atoms with E-state index in [1.165, 1.54) is 0 Å². The van der Waals surface area contributed by atoms with Crippen molar-refractivity contribution in [3.63, 3.8) is 0 Å². The van der Waals surface area contributed by atoms with Gasteiger partial charge < -0.3 is 15.0 Å². The lowest BCUT2D eigenvalue weighted by Gasteiger charge is -2.30. The second-order valence-electron chi connectivity index (χ2n) is 6.28. The molecule has 0 aliphatic carbocycles. The Morgan fingerprint density at radius 1 is 1.41 bits per heavy atom. The molecular weight excluding hydrogens is 276 g/mol. The van der Waals surface area contributed by atoms with Gasteiger partial charge in [0.2, 0.25) is 5.91 Å². The van der Waals surface area contributed by atoms with Crippen LogP contribution in [0.4, 0.5) is 5.69 Å². The Bertz CT molecular complexity index is 482. The summed E-state index contributed by atoms with van der Waals surface area (Å²) in [5.41, 5.74) is 0.930. The van der Waals surface area contributed by atoms with Gasteiger partial charge in [-0.05, 0) is 44.2 Å². The minimum absolute atomic E-state index is 0.181. The Labute approximate surface area is 133 Å². The predicted octanol–water partition coefficient (Wildman–Crippen LogP) is 3.53. The van der Waals surface area contributed by atoms with E-state index in [1.807, 2.05) is 29.2 Å². The molecule has 1 amide bonds. The molecular formula is C18H28N2O2. The highest BCUT2D eigenvalue weighted by Crippen LogP contribution is 2.20. The van der Waals surface area contributed by atoms with Crippen LogP contribution >= 0.6 is 0 Å². The number of rotatable bonds is 6. The minimum atomic E-state index is 0.181. The van der Waals surface area contributed by atoms with Gasteiger partial charge in [0.15, 0.2) is 0 Å². The zero-order valence-corrected chi connectivity index (χ0v) is 14.0. The Hall–Kier alpha value is -1.71. The number of carbonyl (C=O) groups is 1. The average molecular weight is 304 g/mol. The second-order valence-corrected chi connectivity index (χ2v) is 6.28. The van der Waals surface area contributed by atoms with Crippen LogP contribution in [0.5, 0.6) is 5.75 Å². The van der Waals surface area contributed by atoms with Gasteiger partial charge in [-0.1, -0.05) is 19.9 Å². The smallest absolute Gasteiger partial charge is 0.241 e. The number of carbonyl (C=O) groups excluding carboxylic acids is 1.